The molecule has 1 aromatic carbocycles. The van der Waals surface area contributed by atoms with Crippen LogP contribution in [0.5, 0.6) is 0 Å². The van der Waals surface area contributed by atoms with Gasteiger partial charge in [0.2, 0.25) is 0 Å². The van der Waals surface area contributed by atoms with Crippen molar-refractivity contribution in [3.05, 3.63) is 62.8 Å². The highest BCUT2D eigenvalue weighted by molar-refractivity contribution is 9.10. The lowest BCUT2D eigenvalue weighted by molar-refractivity contribution is 0.0939. The van der Waals surface area contributed by atoms with Crippen molar-refractivity contribution >= 4 is 37.8 Å². The van der Waals surface area contributed by atoms with Gasteiger partial charge in [0.1, 0.15) is 0 Å². The zero-order valence-corrected chi connectivity index (χ0v) is 13.4. The van der Waals surface area contributed by atoms with Gasteiger partial charge in [-0.25, -0.2) is 0 Å². The number of nitrogens with one attached hydrogen (secondary N) is 1. The minimum Gasteiger partial charge on any atom is -0.345 e. The molecule has 0 saturated heterocycles. The molecule has 3 nitrogen and oxygen atoms in total. The van der Waals surface area contributed by atoms with Crippen LogP contribution in [0.4, 0.5) is 0 Å². The van der Waals surface area contributed by atoms with E-state index in [1.165, 1.54) is 0 Å². The molecule has 0 bridgehead atoms. The first-order chi connectivity index (χ1) is 9.06. The SMILES string of the molecule is CC(NC(=O)c1cncc(Br)c1)c1ccc(Br)cc1. The number of carbonyl (C=O) groups is 1. The number of amides is 1. The Morgan fingerprint density at radius 1 is 1.16 bits per heavy atom. The third-order valence-corrected chi connectivity index (χ3v) is 3.65. The summed E-state index contributed by atoms with van der Waals surface area (Å²) in [6.07, 6.45) is 3.20. The molecule has 1 atom stereocenters. The Labute approximate surface area is 128 Å². The van der Waals surface area contributed by atoms with E-state index in [2.05, 4.69) is 42.2 Å². The molecule has 0 aliphatic heterocycles. The van der Waals surface area contributed by atoms with Gasteiger partial charge in [0, 0.05) is 21.3 Å². The lowest BCUT2D eigenvalue weighted by Gasteiger charge is -2.14. The van der Waals surface area contributed by atoms with Gasteiger partial charge in [-0.2, -0.15) is 0 Å². The highest BCUT2D eigenvalue weighted by atomic mass is 79.9. The maximum atomic E-state index is 12.1. The largest absolute Gasteiger partial charge is 0.345 e. The van der Waals surface area contributed by atoms with E-state index in [1.807, 2.05) is 31.2 Å². The number of rotatable bonds is 3. The molecule has 2 aromatic rings. The molecule has 1 N–H and O–H groups in total. The monoisotopic (exact) mass is 382 g/mol. The molecule has 1 aromatic heterocycles. The molecular weight excluding hydrogens is 372 g/mol. The second kappa shape index (κ2) is 6.30. The van der Waals surface area contributed by atoms with E-state index in [-0.39, 0.29) is 11.9 Å². The summed E-state index contributed by atoms with van der Waals surface area (Å²) in [5.41, 5.74) is 1.60. The normalized spacial score (nSPS) is 11.9. The summed E-state index contributed by atoms with van der Waals surface area (Å²) >= 11 is 6.69. The summed E-state index contributed by atoms with van der Waals surface area (Å²) in [7, 11) is 0. The molecule has 2 rings (SSSR count). The molecule has 1 unspecified atom stereocenters. The summed E-state index contributed by atoms with van der Waals surface area (Å²) in [5.74, 6) is -0.135. The molecule has 0 aliphatic rings. The van der Waals surface area contributed by atoms with Crippen molar-refractivity contribution in [3.63, 3.8) is 0 Å². The molecular formula is C14H12Br2N2O. The second-order valence-electron chi connectivity index (χ2n) is 4.14. The lowest BCUT2D eigenvalue weighted by atomic mass is 10.1. The van der Waals surface area contributed by atoms with Crippen LogP contribution in [-0.2, 0) is 0 Å². The first-order valence-corrected chi connectivity index (χ1v) is 7.32. The van der Waals surface area contributed by atoms with Crippen molar-refractivity contribution in [1.82, 2.24) is 10.3 Å². The average molecular weight is 384 g/mol. The zero-order valence-electron chi connectivity index (χ0n) is 10.2. The Kier molecular flexibility index (Phi) is 4.71. The van der Waals surface area contributed by atoms with Crippen LogP contribution in [0, 0.1) is 0 Å². The Hall–Kier alpha value is -1.20. The van der Waals surface area contributed by atoms with Crippen LogP contribution >= 0.6 is 31.9 Å². The fraction of sp³-hybridized carbons (Fsp3) is 0.143. The average Bonchev–Trinajstić information content (AvgIpc) is 2.39. The second-order valence-corrected chi connectivity index (χ2v) is 5.97. The van der Waals surface area contributed by atoms with Crippen LogP contribution in [0.25, 0.3) is 0 Å². The summed E-state index contributed by atoms with van der Waals surface area (Å²) in [6.45, 7) is 1.95. The molecule has 5 heteroatoms. The summed E-state index contributed by atoms with van der Waals surface area (Å²) < 4.78 is 1.81. The number of hydrogen-bond donors (Lipinski definition) is 1. The number of hydrogen-bond acceptors (Lipinski definition) is 2. The quantitative estimate of drug-likeness (QED) is 0.866. The van der Waals surface area contributed by atoms with Gasteiger partial charge in [0.05, 0.1) is 11.6 Å². The van der Waals surface area contributed by atoms with Crippen molar-refractivity contribution in [1.29, 1.82) is 0 Å². The molecule has 1 amide bonds. The van der Waals surface area contributed by atoms with E-state index in [0.29, 0.717) is 5.56 Å². The van der Waals surface area contributed by atoms with Gasteiger partial charge in [-0.05, 0) is 46.6 Å². The Bertz CT molecular complexity index is 584. The van der Waals surface area contributed by atoms with Crippen LogP contribution in [0.15, 0.2) is 51.7 Å². The predicted molar refractivity (Wildman–Crippen MR) is 82.0 cm³/mol. The topological polar surface area (TPSA) is 42.0 Å². The van der Waals surface area contributed by atoms with Crippen LogP contribution in [0.3, 0.4) is 0 Å². The van der Waals surface area contributed by atoms with Crippen LogP contribution in [0.1, 0.15) is 28.9 Å². The van der Waals surface area contributed by atoms with E-state index in [1.54, 1.807) is 18.5 Å². The number of nitrogens with zero attached hydrogens (tertiary/aromatic N) is 1. The molecule has 0 spiro atoms. The highest BCUT2D eigenvalue weighted by Crippen LogP contribution is 2.17. The van der Waals surface area contributed by atoms with Crippen molar-refractivity contribution in [2.45, 2.75) is 13.0 Å². The molecule has 0 radical (unpaired) electrons. The fourth-order valence-electron chi connectivity index (χ4n) is 1.65. The summed E-state index contributed by atoms with van der Waals surface area (Å²) in [6, 6.07) is 9.57. The Balaban J connectivity index is 2.08. The van der Waals surface area contributed by atoms with E-state index in [9.17, 15) is 4.79 Å². The van der Waals surface area contributed by atoms with Crippen LogP contribution in [0.2, 0.25) is 0 Å². The number of pyridine rings is 1. The maximum Gasteiger partial charge on any atom is 0.253 e. The number of halogens is 2. The van der Waals surface area contributed by atoms with Crippen molar-refractivity contribution in [2.75, 3.05) is 0 Å². The first-order valence-electron chi connectivity index (χ1n) is 5.73. The van der Waals surface area contributed by atoms with Gasteiger partial charge in [-0.15, -0.1) is 0 Å². The minimum atomic E-state index is -0.135. The minimum absolute atomic E-state index is 0.0559. The molecule has 19 heavy (non-hydrogen) atoms. The summed E-state index contributed by atoms with van der Waals surface area (Å²) in [4.78, 5) is 16.0. The lowest BCUT2D eigenvalue weighted by Crippen LogP contribution is -2.26. The fourth-order valence-corrected chi connectivity index (χ4v) is 2.28. The van der Waals surface area contributed by atoms with E-state index in [4.69, 9.17) is 0 Å². The molecule has 0 aliphatic carbocycles. The maximum absolute atomic E-state index is 12.1. The van der Waals surface area contributed by atoms with Crippen LogP contribution < -0.4 is 5.32 Å². The standard InChI is InChI=1S/C14H12Br2N2O/c1-9(10-2-4-12(15)5-3-10)18-14(19)11-6-13(16)8-17-7-11/h2-9H,1H3,(H,18,19). The van der Waals surface area contributed by atoms with Gasteiger partial charge in [0.15, 0.2) is 0 Å². The molecule has 1 heterocycles. The van der Waals surface area contributed by atoms with Gasteiger partial charge >= 0.3 is 0 Å². The Morgan fingerprint density at radius 2 is 1.84 bits per heavy atom. The predicted octanol–water partition coefficient (Wildman–Crippen LogP) is 4.10. The van der Waals surface area contributed by atoms with Crippen molar-refractivity contribution in [3.8, 4) is 0 Å². The first kappa shape index (κ1) is 14.2. The molecule has 0 fully saturated rings. The van der Waals surface area contributed by atoms with Gasteiger partial charge in [0.25, 0.3) is 5.91 Å². The van der Waals surface area contributed by atoms with Crippen molar-refractivity contribution < 1.29 is 4.79 Å². The van der Waals surface area contributed by atoms with Gasteiger partial charge < -0.3 is 5.32 Å². The third-order valence-electron chi connectivity index (χ3n) is 2.68. The van der Waals surface area contributed by atoms with Crippen molar-refractivity contribution in [2.24, 2.45) is 0 Å². The van der Waals surface area contributed by atoms with Crippen LogP contribution in [-0.4, -0.2) is 10.9 Å². The molecule has 0 saturated carbocycles. The smallest absolute Gasteiger partial charge is 0.253 e. The highest BCUT2D eigenvalue weighted by Gasteiger charge is 2.11. The molecule has 98 valence electrons. The van der Waals surface area contributed by atoms with Gasteiger partial charge in [-0.1, -0.05) is 28.1 Å². The van der Waals surface area contributed by atoms with E-state index < -0.39 is 0 Å². The third kappa shape index (κ3) is 3.88. The van der Waals surface area contributed by atoms with E-state index >= 15 is 0 Å². The number of benzene rings is 1. The number of carbonyl (C=O) groups excluding carboxylic acids is 1. The number of aromatic nitrogens is 1. The van der Waals surface area contributed by atoms with E-state index in [0.717, 1.165) is 14.5 Å². The Morgan fingerprint density at radius 3 is 2.47 bits per heavy atom. The van der Waals surface area contributed by atoms with Gasteiger partial charge in [-0.3, -0.25) is 9.78 Å². The summed E-state index contributed by atoms with van der Waals surface area (Å²) in [5, 5.41) is 2.94. The zero-order chi connectivity index (χ0) is 13.8.